The van der Waals surface area contributed by atoms with Crippen molar-refractivity contribution >= 4 is 23.2 Å². The van der Waals surface area contributed by atoms with Gasteiger partial charge in [-0.2, -0.15) is 0 Å². The number of ether oxygens (including phenoxy) is 1. The molecular weight excluding hydrogens is 264 g/mol. The summed E-state index contributed by atoms with van der Waals surface area (Å²) < 4.78 is 5.63. The zero-order chi connectivity index (χ0) is 14.0. The van der Waals surface area contributed by atoms with Crippen molar-refractivity contribution in [2.24, 2.45) is 0 Å². The van der Waals surface area contributed by atoms with Crippen molar-refractivity contribution in [2.45, 2.75) is 38.3 Å². The molecule has 1 aliphatic heterocycles. The van der Waals surface area contributed by atoms with Gasteiger partial charge in [-0.25, -0.2) is 0 Å². The van der Waals surface area contributed by atoms with Crippen LogP contribution < -0.4 is 11.1 Å². The van der Waals surface area contributed by atoms with Gasteiger partial charge in [0.15, 0.2) is 0 Å². The van der Waals surface area contributed by atoms with Crippen LogP contribution in [0.2, 0.25) is 5.02 Å². The van der Waals surface area contributed by atoms with Crippen LogP contribution in [0, 0.1) is 0 Å². The molecule has 1 atom stereocenters. The number of halogens is 1. The summed E-state index contributed by atoms with van der Waals surface area (Å²) in [6, 6.07) is 5.03. The predicted molar refractivity (Wildman–Crippen MR) is 76.4 cm³/mol. The first-order chi connectivity index (χ1) is 8.87. The van der Waals surface area contributed by atoms with Crippen molar-refractivity contribution in [3.05, 3.63) is 28.8 Å². The molecule has 0 saturated carbocycles. The van der Waals surface area contributed by atoms with E-state index in [1.54, 1.807) is 18.2 Å². The molecule has 0 bridgehead atoms. The molecule has 5 heteroatoms. The Morgan fingerprint density at radius 1 is 1.53 bits per heavy atom. The number of rotatable bonds is 2. The molecule has 1 amide bonds. The third-order valence-corrected chi connectivity index (χ3v) is 3.58. The van der Waals surface area contributed by atoms with Crippen molar-refractivity contribution in [1.82, 2.24) is 5.32 Å². The Morgan fingerprint density at radius 2 is 2.26 bits per heavy atom. The van der Waals surface area contributed by atoms with E-state index in [4.69, 9.17) is 22.1 Å². The molecule has 104 valence electrons. The summed E-state index contributed by atoms with van der Waals surface area (Å²) in [4.78, 5) is 12.2. The second-order valence-corrected chi connectivity index (χ2v) is 5.92. The Morgan fingerprint density at radius 3 is 2.89 bits per heavy atom. The topological polar surface area (TPSA) is 64.4 Å². The number of hydrogen-bond acceptors (Lipinski definition) is 3. The van der Waals surface area contributed by atoms with Crippen molar-refractivity contribution in [1.29, 1.82) is 0 Å². The zero-order valence-electron chi connectivity index (χ0n) is 11.2. The first-order valence-corrected chi connectivity index (χ1v) is 6.75. The van der Waals surface area contributed by atoms with Crippen LogP contribution in [0.25, 0.3) is 0 Å². The van der Waals surface area contributed by atoms with Gasteiger partial charge in [-0.15, -0.1) is 0 Å². The number of anilines is 1. The van der Waals surface area contributed by atoms with Crippen LogP contribution in [-0.4, -0.2) is 24.2 Å². The van der Waals surface area contributed by atoms with Crippen LogP contribution in [0.5, 0.6) is 0 Å². The van der Waals surface area contributed by atoms with E-state index >= 15 is 0 Å². The third kappa shape index (κ3) is 3.61. The number of carbonyl (C=O) groups is 1. The quantitative estimate of drug-likeness (QED) is 0.820. The fraction of sp³-hybridized carbons (Fsp3) is 0.500. The average Bonchev–Trinajstić information content (AvgIpc) is 2.27. The lowest BCUT2D eigenvalue weighted by molar-refractivity contribution is -0.0615. The number of carbonyl (C=O) groups excluding carboxylic acids is 1. The highest BCUT2D eigenvalue weighted by molar-refractivity contribution is 6.34. The zero-order valence-corrected chi connectivity index (χ0v) is 12.0. The fourth-order valence-corrected chi connectivity index (χ4v) is 2.61. The van der Waals surface area contributed by atoms with Crippen molar-refractivity contribution in [3.63, 3.8) is 0 Å². The minimum Gasteiger partial charge on any atom is -0.399 e. The molecule has 0 spiro atoms. The molecular formula is C14H19ClN2O2. The standard InChI is InChI=1S/C14H19ClN2O2/c1-14(2)8-10(5-6-19-14)17-13(18)11-4-3-9(16)7-12(11)15/h3-4,7,10H,5-6,8,16H2,1-2H3,(H,17,18). The first-order valence-electron chi connectivity index (χ1n) is 6.37. The Bertz CT molecular complexity index is 488. The van der Waals surface area contributed by atoms with E-state index in [-0.39, 0.29) is 17.6 Å². The highest BCUT2D eigenvalue weighted by atomic mass is 35.5. The smallest absolute Gasteiger partial charge is 0.253 e. The number of amides is 1. The third-order valence-electron chi connectivity index (χ3n) is 3.27. The van der Waals surface area contributed by atoms with Crippen molar-refractivity contribution in [2.75, 3.05) is 12.3 Å². The van der Waals surface area contributed by atoms with E-state index in [9.17, 15) is 4.79 Å². The largest absolute Gasteiger partial charge is 0.399 e. The van der Waals surface area contributed by atoms with Gasteiger partial charge in [0.1, 0.15) is 0 Å². The maximum atomic E-state index is 12.2. The van der Waals surface area contributed by atoms with Crippen molar-refractivity contribution in [3.8, 4) is 0 Å². The highest BCUT2D eigenvalue weighted by Crippen LogP contribution is 2.25. The SMILES string of the molecule is CC1(C)CC(NC(=O)c2ccc(N)cc2Cl)CCO1. The minimum absolute atomic E-state index is 0.116. The van der Waals surface area contributed by atoms with E-state index in [1.807, 2.05) is 13.8 Å². The number of nitrogens with one attached hydrogen (secondary N) is 1. The summed E-state index contributed by atoms with van der Waals surface area (Å²) in [6.07, 6.45) is 1.62. The normalized spacial score (nSPS) is 21.9. The van der Waals surface area contributed by atoms with Gasteiger partial charge in [0.05, 0.1) is 16.2 Å². The summed E-state index contributed by atoms with van der Waals surface area (Å²) in [6.45, 7) is 4.72. The molecule has 1 fully saturated rings. The molecule has 4 nitrogen and oxygen atoms in total. The van der Waals surface area contributed by atoms with Gasteiger partial charge >= 0.3 is 0 Å². The Labute approximate surface area is 118 Å². The summed E-state index contributed by atoms with van der Waals surface area (Å²) >= 11 is 6.03. The lowest BCUT2D eigenvalue weighted by Crippen LogP contribution is -2.45. The molecule has 1 aromatic carbocycles. The summed E-state index contributed by atoms with van der Waals surface area (Å²) in [5, 5.41) is 3.39. The number of nitrogens with two attached hydrogens (primary N) is 1. The molecule has 1 aliphatic rings. The van der Waals surface area contributed by atoms with Crippen molar-refractivity contribution < 1.29 is 9.53 Å². The fourth-order valence-electron chi connectivity index (χ4n) is 2.33. The van der Waals surface area contributed by atoms with E-state index in [0.29, 0.717) is 22.9 Å². The molecule has 1 unspecified atom stereocenters. The molecule has 0 radical (unpaired) electrons. The molecule has 1 saturated heterocycles. The average molecular weight is 283 g/mol. The minimum atomic E-state index is -0.193. The molecule has 1 heterocycles. The van der Waals surface area contributed by atoms with Crippen LogP contribution in [0.1, 0.15) is 37.0 Å². The Hall–Kier alpha value is -1.26. The monoisotopic (exact) mass is 282 g/mol. The van der Waals surface area contributed by atoms with Gasteiger partial charge in [-0.1, -0.05) is 11.6 Å². The Kier molecular flexibility index (Phi) is 4.02. The molecule has 3 N–H and O–H groups in total. The predicted octanol–water partition coefficient (Wildman–Crippen LogP) is 2.61. The number of benzene rings is 1. The van der Waals surface area contributed by atoms with Gasteiger partial charge in [-0.3, -0.25) is 4.79 Å². The van der Waals surface area contributed by atoms with Gasteiger partial charge in [0.25, 0.3) is 5.91 Å². The van der Waals surface area contributed by atoms with E-state index in [0.717, 1.165) is 12.8 Å². The lowest BCUT2D eigenvalue weighted by Gasteiger charge is -2.35. The van der Waals surface area contributed by atoms with Gasteiger partial charge in [-0.05, 0) is 44.9 Å². The summed E-state index contributed by atoms with van der Waals surface area (Å²) in [5.74, 6) is -0.160. The van der Waals surface area contributed by atoms with Crippen LogP contribution in [0.4, 0.5) is 5.69 Å². The molecule has 0 aromatic heterocycles. The van der Waals surface area contributed by atoms with Crippen LogP contribution >= 0.6 is 11.6 Å². The van der Waals surface area contributed by atoms with Crippen LogP contribution in [0.3, 0.4) is 0 Å². The van der Waals surface area contributed by atoms with E-state index in [1.165, 1.54) is 0 Å². The lowest BCUT2D eigenvalue weighted by atomic mass is 9.94. The van der Waals surface area contributed by atoms with Gasteiger partial charge < -0.3 is 15.8 Å². The maximum Gasteiger partial charge on any atom is 0.253 e. The second-order valence-electron chi connectivity index (χ2n) is 5.51. The van der Waals surface area contributed by atoms with Crippen LogP contribution in [-0.2, 0) is 4.74 Å². The number of nitrogen functional groups attached to an aromatic ring is 1. The summed E-state index contributed by atoms with van der Waals surface area (Å²) in [5.41, 5.74) is 6.43. The van der Waals surface area contributed by atoms with E-state index < -0.39 is 0 Å². The number of hydrogen-bond donors (Lipinski definition) is 2. The molecule has 1 aromatic rings. The van der Waals surface area contributed by atoms with Gasteiger partial charge in [0, 0.05) is 18.3 Å². The second kappa shape index (κ2) is 5.39. The molecule has 0 aliphatic carbocycles. The van der Waals surface area contributed by atoms with Crippen LogP contribution in [0.15, 0.2) is 18.2 Å². The first kappa shape index (κ1) is 14.2. The van der Waals surface area contributed by atoms with Gasteiger partial charge in [0.2, 0.25) is 0 Å². The maximum absolute atomic E-state index is 12.2. The highest BCUT2D eigenvalue weighted by Gasteiger charge is 2.30. The molecule has 2 rings (SSSR count). The summed E-state index contributed by atoms with van der Waals surface area (Å²) in [7, 11) is 0. The van der Waals surface area contributed by atoms with E-state index in [2.05, 4.69) is 5.32 Å². The molecule has 19 heavy (non-hydrogen) atoms. The Balaban J connectivity index is 2.04.